The SMILES string of the molecule is COc1ccc(/C=N/NC(=O)c2ccc(-n3cnnn3)cc2)cc1OCc1ccccc1. The van der Waals surface area contributed by atoms with Gasteiger partial charge in [0.1, 0.15) is 12.9 Å². The van der Waals surface area contributed by atoms with Gasteiger partial charge in [0.15, 0.2) is 11.5 Å². The van der Waals surface area contributed by atoms with Crippen LogP contribution < -0.4 is 14.9 Å². The average molecular weight is 428 g/mol. The summed E-state index contributed by atoms with van der Waals surface area (Å²) < 4.78 is 12.8. The predicted molar refractivity (Wildman–Crippen MR) is 118 cm³/mol. The summed E-state index contributed by atoms with van der Waals surface area (Å²) in [6.07, 6.45) is 3.02. The van der Waals surface area contributed by atoms with Gasteiger partial charge in [-0.2, -0.15) is 5.10 Å². The molecule has 0 bridgehead atoms. The third-order valence-corrected chi connectivity index (χ3v) is 4.55. The van der Waals surface area contributed by atoms with Crippen LogP contribution in [0.2, 0.25) is 0 Å². The van der Waals surface area contributed by atoms with Crippen LogP contribution in [0.25, 0.3) is 5.69 Å². The monoisotopic (exact) mass is 428 g/mol. The van der Waals surface area contributed by atoms with Gasteiger partial charge >= 0.3 is 0 Å². The first kappa shape index (κ1) is 20.7. The van der Waals surface area contributed by atoms with Gasteiger partial charge in [0, 0.05) is 5.56 Å². The van der Waals surface area contributed by atoms with E-state index in [0.717, 1.165) is 16.8 Å². The van der Waals surface area contributed by atoms with Gasteiger partial charge in [-0.25, -0.2) is 10.1 Å². The highest BCUT2D eigenvalue weighted by Gasteiger charge is 2.07. The first-order chi connectivity index (χ1) is 15.7. The number of benzene rings is 3. The number of hydrogen-bond donors (Lipinski definition) is 1. The van der Waals surface area contributed by atoms with Crippen molar-refractivity contribution in [2.75, 3.05) is 7.11 Å². The maximum atomic E-state index is 12.3. The Balaban J connectivity index is 1.38. The molecule has 160 valence electrons. The van der Waals surface area contributed by atoms with Gasteiger partial charge in [-0.3, -0.25) is 4.79 Å². The van der Waals surface area contributed by atoms with Crippen molar-refractivity contribution in [2.24, 2.45) is 5.10 Å². The molecule has 4 aromatic rings. The molecule has 0 saturated heterocycles. The fourth-order valence-electron chi connectivity index (χ4n) is 2.90. The lowest BCUT2D eigenvalue weighted by atomic mass is 10.2. The maximum absolute atomic E-state index is 12.3. The normalized spacial score (nSPS) is 10.8. The van der Waals surface area contributed by atoms with E-state index in [-0.39, 0.29) is 5.91 Å². The zero-order valence-electron chi connectivity index (χ0n) is 17.3. The Morgan fingerprint density at radius 2 is 1.88 bits per heavy atom. The van der Waals surface area contributed by atoms with Crippen molar-refractivity contribution >= 4 is 12.1 Å². The number of carbonyl (C=O) groups is 1. The number of hydrogen-bond acceptors (Lipinski definition) is 7. The van der Waals surface area contributed by atoms with Crippen molar-refractivity contribution in [3.63, 3.8) is 0 Å². The quantitative estimate of drug-likeness (QED) is 0.342. The number of rotatable bonds is 8. The molecular weight excluding hydrogens is 408 g/mol. The van der Waals surface area contributed by atoms with Crippen LogP contribution in [-0.2, 0) is 6.61 Å². The molecule has 0 saturated carbocycles. The lowest BCUT2D eigenvalue weighted by molar-refractivity contribution is 0.0955. The highest BCUT2D eigenvalue weighted by atomic mass is 16.5. The smallest absolute Gasteiger partial charge is 0.271 e. The highest BCUT2D eigenvalue weighted by molar-refractivity contribution is 5.95. The average Bonchev–Trinajstić information content (AvgIpc) is 3.39. The third kappa shape index (κ3) is 5.14. The molecule has 0 unspecified atom stereocenters. The van der Waals surface area contributed by atoms with Crippen molar-refractivity contribution in [3.05, 3.63) is 95.8 Å². The summed E-state index contributed by atoms with van der Waals surface area (Å²) in [5.41, 5.74) is 5.53. The fourth-order valence-corrected chi connectivity index (χ4v) is 2.90. The van der Waals surface area contributed by atoms with Gasteiger partial charge < -0.3 is 9.47 Å². The number of tetrazole rings is 1. The maximum Gasteiger partial charge on any atom is 0.271 e. The zero-order chi connectivity index (χ0) is 22.2. The van der Waals surface area contributed by atoms with E-state index in [9.17, 15) is 4.79 Å². The van der Waals surface area contributed by atoms with E-state index >= 15 is 0 Å². The molecule has 3 aromatic carbocycles. The van der Waals surface area contributed by atoms with Gasteiger partial charge in [0.05, 0.1) is 19.0 Å². The Morgan fingerprint density at radius 3 is 2.59 bits per heavy atom. The van der Waals surface area contributed by atoms with Crippen LogP contribution in [0.4, 0.5) is 0 Å². The molecule has 0 radical (unpaired) electrons. The molecule has 0 atom stereocenters. The first-order valence-corrected chi connectivity index (χ1v) is 9.74. The van der Waals surface area contributed by atoms with Crippen LogP contribution in [0.1, 0.15) is 21.5 Å². The number of hydrazone groups is 1. The summed E-state index contributed by atoms with van der Waals surface area (Å²) >= 11 is 0. The third-order valence-electron chi connectivity index (χ3n) is 4.55. The minimum atomic E-state index is -0.335. The second-order valence-corrected chi connectivity index (χ2v) is 6.68. The summed E-state index contributed by atoms with van der Waals surface area (Å²) in [4.78, 5) is 12.3. The Morgan fingerprint density at radius 1 is 1.06 bits per heavy atom. The van der Waals surface area contributed by atoms with Crippen LogP contribution in [0.3, 0.4) is 0 Å². The fraction of sp³-hybridized carbons (Fsp3) is 0.0870. The molecule has 0 aliphatic carbocycles. The minimum Gasteiger partial charge on any atom is -0.493 e. The van der Waals surface area contributed by atoms with Crippen LogP contribution in [0.5, 0.6) is 11.5 Å². The molecule has 1 amide bonds. The summed E-state index contributed by atoms with van der Waals surface area (Å²) in [6.45, 7) is 0.412. The number of nitrogens with one attached hydrogen (secondary N) is 1. The van der Waals surface area contributed by atoms with E-state index in [0.29, 0.717) is 23.7 Å². The number of nitrogens with zero attached hydrogens (tertiary/aromatic N) is 5. The first-order valence-electron chi connectivity index (χ1n) is 9.74. The molecule has 32 heavy (non-hydrogen) atoms. The van der Waals surface area contributed by atoms with Crippen molar-refractivity contribution < 1.29 is 14.3 Å². The largest absolute Gasteiger partial charge is 0.493 e. The van der Waals surface area contributed by atoms with Crippen molar-refractivity contribution in [1.82, 2.24) is 25.6 Å². The Hall–Kier alpha value is -4.53. The molecule has 9 heteroatoms. The molecule has 1 aromatic heterocycles. The second kappa shape index (κ2) is 9.98. The van der Waals surface area contributed by atoms with E-state index in [4.69, 9.17) is 9.47 Å². The highest BCUT2D eigenvalue weighted by Crippen LogP contribution is 2.28. The topological polar surface area (TPSA) is 104 Å². The van der Waals surface area contributed by atoms with E-state index in [1.165, 1.54) is 11.0 Å². The zero-order valence-corrected chi connectivity index (χ0v) is 17.3. The molecule has 4 rings (SSSR count). The molecule has 0 fully saturated rings. The summed E-state index contributed by atoms with van der Waals surface area (Å²) in [7, 11) is 1.59. The molecule has 1 N–H and O–H groups in total. The molecule has 0 aliphatic rings. The molecular formula is C23H20N6O3. The minimum absolute atomic E-state index is 0.335. The molecule has 0 spiro atoms. The van der Waals surface area contributed by atoms with E-state index < -0.39 is 0 Å². The van der Waals surface area contributed by atoms with Gasteiger partial charge in [-0.05, 0) is 64.0 Å². The lowest BCUT2D eigenvalue weighted by Gasteiger charge is -2.11. The second-order valence-electron chi connectivity index (χ2n) is 6.68. The Bertz CT molecular complexity index is 1190. The number of ether oxygens (including phenoxy) is 2. The summed E-state index contributed by atoms with van der Waals surface area (Å²) in [5.74, 6) is 0.869. The van der Waals surface area contributed by atoms with Crippen molar-refractivity contribution in [2.45, 2.75) is 6.61 Å². The van der Waals surface area contributed by atoms with Gasteiger partial charge in [-0.1, -0.05) is 30.3 Å². The van der Waals surface area contributed by atoms with Gasteiger partial charge in [-0.15, -0.1) is 5.10 Å². The van der Waals surface area contributed by atoms with Gasteiger partial charge in [0.2, 0.25) is 0 Å². The number of amides is 1. The number of aromatic nitrogens is 4. The Kier molecular flexibility index (Phi) is 6.47. The van der Waals surface area contributed by atoms with Crippen molar-refractivity contribution in [1.29, 1.82) is 0 Å². The van der Waals surface area contributed by atoms with Gasteiger partial charge in [0.25, 0.3) is 5.91 Å². The molecule has 0 aliphatic heterocycles. The van der Waals surface area contributed by atoms with E-state index in [1.54, 1.807) is 49.7 Å². The lowest BCUT2D eigenvalue weighted by Crippen LogP contribution is -2.17. The number of carbonyl (C=O) groups excluding carboxylic acids is 1. The molecule has 9 nitrogen and oxygen atoms in total. The number of methoxy groups -OCH3 is 1. The van der Waals surface area contributed by atoms with Crippen molar-refractivity contribution in [3.8, 4) is 17.2 Å². The Labute approximate surface area is 184 Å². The van der Waals surface area contributed by atoms with Crippen LogP contribution >= 0.6 is 0 Å². The standard InChI is InChI=1S/C23H20N6O3/c1-31-21-12-7-18(13-22(21)32-15-17-5-3-2-4-6-17)14-24-26-23(30)19-8-10-20(11-9-19)29-16-25-27-28-29/h2-14,16H,15H2,1H3,(H,26,30)/b24-14+. The van der Waals surface area contributed by atoms with Crippen LogP contribution in [-0.4, -0.2) is 39.4 Å². The van der Waals surface area contributed by atoms with E-state index in [1.807, 2.05) is 36.4 Å². The predicted octanol–water partition coefficient (Wildman–Crippen LogP) is 3.01. The summed E-state index contributed by atoms with van der Waals surface area (Å²) in [5, 5.41) is 15.0. The summed E-state index contributed by atoms with van der Waals surface area (Å²) in [6, 6.07) is 22.1. The molecule has 1 heterocycles. The van der Waals surface area contributed by atoms with Crippen LogP contribution in [0, 0.1) is 0 Å². The van der Waals surface area contributed by atoms with E-state index in [2.05, 4.69) is 26.1 Å². The van der Waals surface area contributed by atoms with Crippen LogP contribution in [0.15, 0.2) is 84.2 Å².